The zero-order valence-corrected chi connectivity index (χ0v) is 30.0. The summed E-state index contributed by atoms with van der Waals surface area (Å²) in [4.78, 5) is 15.5. The molecule has 12 aromatic rings. The molecule has 0 saturated heterocycles. The van der Waals surface area contributed by atoms with Gasteiger partial charge in [0.15, 0.2) is 17.5 Å². The molecule has 12 rings (SSSR count). The maximum atomic E-state index is 6.71. The van der Waals surface area contributed by atoms with Crippen LogP contribution in [-0.2, 0) is 0 Å². The molecule has 3 aromatic heterocycles. The Kier molecular flexibility index (Phi) is 6.56. The Morgan fingerprint density at radius 1 is 0.357 bits per heavy atom. The van der Waals surface area contributed by atoms with Gasteiger partial charge in [-0.15, -0.1) is 0 Å². The summed E-state index contributed by atoms with van der Waals surface area (Å²) in [5.41, 5.74) is 7.50. The molecule has 0 aliphatic heterocycles. The first-order valence-electron chi connectivity index (χ1n) is 18.8. The molecular weight excluding hydrogens is 685 g/mol. The van der Waals surface area contributed by atoms with E-state index >= 15 is 0 Å². The van der Waals surface area contributed by atoms with Gasteiger partial charge in [-0.3, -0.25) is 0 Å². The van der Waals surface area contributed by atoms with E-state index in [4.69, 9.17) is 19.4 Å². The molecule has 0 spiro atoms. The Morgan fingerprint density at radius 2 is 0.946 bits per heavy atom. The zero-order chi connectivity index (χ0) is 36.7. The highest BCUT2D eigenvalue weighted by atomic mass is 16.3. The number of aromatic nitrogens is 4. The minimum Gasteiger partial charge on any atom is -0.456 e. The van der Waals surface area contributed by atoms with E-state index < -0.39 is 0 Å². The Morgan fingerprint density at radius 3 is 1.66 bits per heavy atom. The summed E-state index contributed by atoms with van der Waals surface area (Å²) in [7, 11) is 0. The van der Waals surface area contributed by atoms with Crippen LogP contribution in [0.15, 0.2) is 186 Å². The summed E-state index contributed by atoms with van der Waals surface area (Å²) in [6.45, 7) is 0. The smallest absolute Gasteiger partial charge is 0.164 e. The molecule has 0 unspecified atom stereocenters. The van der Waals surface area contributed by atoms with Crippen LogP contribution in [0.5, 0.6) is 0 Å². The van der Waals surface area contributed by atoms with Gasteiger partial charge >= 0.3 is 0 Å². The normalized spacial score (nSPS) is 11.9. The fourth-order valence-corrected chi connectivity index (χ4v) is 8.58. The van der Waals surface area contributed by atoms with Crippen molar-refractivity contribution in [2.75, 3.05) is 0 Å². The van der Waals surface area contributed by atoms with Gasteiger partial charge in [-0.2, -0.15) is 0 Å². The van der Waals surface area contributed by atoms with Crippen molar-refractivity contribution in [3.8, 4) is 39.9 Å². The van der Waals surface area contributed by atoms with Crippen molar-refractivity contribution < 1.29 is 4.42 Å². The van der Waals surface area contributed by atoms with E-state index in [9.17, 15) is 0 Å². The molecule has 5 nitrogen and oxygen atoms in total. The van der Waals surface area contributed by atoms with Crippen LogP contribution < -0.4 is 0 Å². The van der Waals surface area contributed by atoms with Crippen LogP contribution >= 0.6 is 0 Å². The average molecular weight is 715 g/mol. The lowest BCUT2D eigenvalue weighted by atomic mass is 9.99. The number of para-hydroxylation sites is 1. The summed E-state index contributed by atoms with van der Waals surface area (Å²) < 4.78 is 9.10. The molecule has 0 amide bonds. The van der Waals surface area contributed by atoms with E-state index in [0.717, 1.165) is 55.3 Å². The van der Waals surface area contributed by atoms with E-state index in [1.54, 1.807) is 0 Å². The predicted octanol–water partition coefficient (Wildman–Crippen LogP) is 13.3. The molecule has 5 heteroatoms. The Hall–Kier alpha value is -7.63. The van der Waals surface area contributed by atoms with E-state index in [-0.39, 0.29) is 0 Å². The zero-order valence-electron chi connectivity index (χ0n) is 30.0. The molecule has 0 aliphatic carbocycles. The number of benzene rings is 9. The fraction of sp³-hybridized carbons (Fsp3) is 0. The topological polar surface area (TPSA) is 56.7 Å². The largest absolute Gasteiger partial charge is 0.456 e. The van der Waals surface area contributed by atoms with Gasteiger partial charge in [0.25, 0.3) is 0 Å². The lowest BCUT2D eigenvalue weighted by Gasteiger charge is -2.13. The fourth-order valence-electron chi connectivity index (χ4n) is 8.58. The minimum atomic E-state index is 0.583. The van der Waals surface area contributed by atoms with Gasteiger partial charge in [0.1, 0.15) is 11.2 Å². The number of furan rings is 1. The monoisotopic (exact) mass is 714 g/mol. The van der Waals surface area contributed by atoms with Crippen LogP contribution in [0.2, 0.25) is 0 Å². The highest BCUT2D eigenvalue weighted by molar-refractivity contribution is 6.24. The highest BCUT2D eigenvalue weighted by Gasteiger charge is 2.22. The van der Waals surface area contributed by atoms with Gasteiger partial charge in [0.05, 0.1) is 16.7 Å². The second-order valence-corrected chi connectivity index (χ2v) is 14.4. The Bertz CT molecular complexity index is 3470. The third-order valence-corrected chi connectivity index (χ3v) is 11.1. The first kappa shape index (κ1) is 30.8. The van der Waals surface area contributed by atoms with Gasteiger partial charge < -0.3 is 8.98 Å². The lowest BCUT2D eigenvalue weighted by molar-refractivity contribution is 0.668. The first-order chi connectivity index (χ1) is 27.7. The Balaban J connectivity index is 1.21. The van der Waals surface area contributed by atoms with Crippen molar-refractivity contribution in [1.82, 2.24) is 19.5 Å². The van der Waals surface area contributed by atoms with Crippen LogP contribution in [0.25, 0.3) is 116 Å². The molecule has 3 heterocycles. The third kappa shape index (κ3) is 4.71. The van der Waals surface area contributed by atoms with Crippen LogP contribution in [0.4, 0.5) is 0 Å². The number of hydrogen-bond donors (Lipinski definition) is 0. The lowest BCUT2D eigenvalue weighted by Crippen LogP contribution is -2.01. The van der Waals surface area contributed by atoms with Crippen LogP contribution in [0.1, 0.15) is 0 Å². The van der Waals surface area contributed by atoms with Gasteiger partial charge in [0.2, 0.25) is 0 Å². The molecule has 9 aromatic carbocycles. The SMILES string of the molecule is c1ccc(-c2nc(-c3ccccc3)nc(-c3cc(-n4c5cc6cc7ccccc7cc6cc5c5c6ccccc6ccc54)cc4oc5ccccc5c34)n2)cc1. The molecule has 56 heavy (non-hydrogen) atoms. The van der Waals surface area contributed by atoms with Crippen molar-refractivity contribution in [1.29, 1.82) is 0 Å². The molecule has 0 saturated carbocycles. The summed E-state index contributed by atoms with van der Waals surface area (Å²) in [5, 5.41) is 11.7. The van der Waals surface area contributed by atoms with Gasteiger partial charge in [-0.1, -0.05) is 133 Å². The molecule has 0 bridgehead atoms. The standard InChI is InChI=1S/C51H30N4O/c1-3-14-32(15-4-1)49-52-50(33-16-5-2-6-17-33)54-51(53-49)42-29-38(30-46-48(42)40-21-11-12-22-45(40)56-46)55-43-24-23-31-13-9-10-20-39(31)47(43)41-27-36-25-34-18-7-8-19-35(34)26-37(36)28-44(41)55/h1-30H. The van der Waals surface area contributed by atoms with Crippen molar-refractivity contribution in [2.45, 2.75) is 0 Å². The van der Waals surface area contributed by atoms with Crippen molar-refractivity contribution in [3.63, 3.8) is 0 Å². The number of fused-ring (bicyclic) bond motifs is 10. The van der Waals surface area contributed by atoms with Crippen molar-refractivity contribution >= 4 is 76.1 Å². The second-order valence-electron chi connectivity index (χ2n) is 14.4. The molecule has 260 valence electrons. The van der Waals surface area contributed by atoms with Gasteiger partial charge in [-0.25, -0.2) is 15.0 Å². The molecular formula is C51H30N4O. The maximum absolute atomic E-state index is 6.71. The van der Waals surface area contributed by atoms with Gasteiger partial charge in [-0.05, 0) is 74.8 Å². The molecule has 0 atom stereocenters. The first-order valence-corrected chi connectivity index (χ1v) is 18.8. The van der Waals surface area contributed by atoms with E-state index in [1.807, 2.05) is 72.8 Å². The van der Waals surface area contributed by atoms with Crippen LogP contribution in [0.3, 0.4) is 0 Å². The number of hydrogen-bond acceptors (Lipinski definition) is 4. The van der Waals surface area contributed by atoms with Gasteiger partial charge in [0, 0.05) is 44.3 Å². The predicted molar refractivity (Wildman–Crippen MR) is 230 cm³/mol. The summed E-state index contributed by atoms with van der Waals surface area (Å²) in [6.07, 6.45) is 0. The maximum Gasteiger partial charge on any atom is 0.164 e. The van der Waals surface area contributed by atoms with E-state index in [0.29, 0.717) is 17.5 Å². The van der Waals surface area contributed by atoms with E-state index in [2.05, 4.69) is 114 Å². The highest BCUT2D eigenvalue weighted by Crippen LogP contribution is 2.43. The average Bonchev–Trinajstić information content (AvgIpc) is 3.80. The van der Waals surface area contributed by atoms with Crippen molar-refractivity contribution in [2.24, 2.45) is 0 Å². The molecule has 0 aliphatic rings. The molecule has 0 N–H and O–H groups in total. The van der Waals surface area contributed by atoms with E-state index in [1.165, 1.54) is 43.1 Å². The van der Waals surface area contributed by atoms with Crippen LogP contribution in [-0.4, -0.2) is 19.5 Å². The van der Waals surface area contributed by atoms with Crippen molar-refractivity contribution in [3.05, 3.63) is 182 Å². The molecule has 0 radical (unpaired) electrons. The van der Waals surface area contributed by atoms with Crippen LogP contribution in [0, 0.1) is 0 Å². The summed E-state index contributed by atoms with van der Waals surface area (Å²) in [6, 6.07) is 64.0. The summed E-state index contributed by atoms with van der Waals surface area (Å²) >= 11 is 0. The Labute approximate surface area is 320 Å². The number of nitrogens with zero attached hydrogens (tertiary/aromatic N) is 4. The minimum absolute atomic E-state index is 0.583. The molecule has 0 fully saturated rings. The third-order valence-electron chi connectivity index (χ3n) is 11.1. The number of rotatable bonds is 4. The summed E-state index contributed by atoms with van der Waals surface area (Å²) in [5.74, 6) is 1.81. The quantitative estimate of drug-likeness (QED) is 0.170. The second kappa shape index (κ2) is 11.9.